The van der Waals surface area contributed by atoms with Gasteiger partial charge in [0.25, 0.3) is 0 Å². The zero-order valence-electron chi connectivity index (χ0n) is 28.9. The van der Waals surface area contributed by atoms with E-state index in [1.807, 2.05) is 5.32 Å². The Labute approximate surface area is 302 Å². The van der Waals surface area contributed by atoms with Crippen LogP contribution in [0, 0.1) is 0 Å². The van der Waals surface area contributed by atoms with Gasteiger partial charge in [0, 0.05) is 30.8 Å². The summed E-state index contributed by atoms with van der Waals surface area (Å²) in [5.41, 5.74) is 5.25. The van der Waals surface area contributed by atoms with Gasteiger partial charge in [-0.15, -0.1) is 0 Å². The number of hydrogen-bond acceptors (Lipinski definition) is 15. The number of carboxylic acids is 1. The van der Waals surface area contributed by atoms with Crippen molar-refractivity contribution in [3.05, 3.63) is 0 Å². The highest BCUT2D eigenvalue weighted by Crippen LogP contribution is 2.11. The molecule has 23 heteroatoms. The van der Waals surface area contributed by atoms with Crippen molar-refractivity contribution in [2.45, 2.75) is 76.7 Å². The maximum absolute atomic E-state index is 13.3. The summed E-state index contributed by atoms with van der Waals surface area (Å²) in [6.07, 6.45) is -1.57. The van der Waals surface area contributed by atoms with Crippen molar-refractivity contribution in [1.82, 2.24) is 31.9 Å². The Hall–Kier alpha value is -5.03. The average molecular weight is 766 g/mol. The third-order valence-corrected chi connectivity index (χ3v) is 7.58. The molecule has 0 aromatic carbocycles. The fourth-order valence-electron chi connectivity index (χ4n) is 3.58. The Morgan fingerprint density at radius 2 is 1.19 bits per heavy atom. The number of primary amides is 1. The summed E-state index contributed by atoms with van der Waals surface area (Å²) in [4.78, 5) is 121. The van der Waals surface area contributed by atoms with Gasteiger partial charge >= 0.3 is 17.9 Å². The molecular weight excluding hydrogens is 718 g/mol. The van der Waals surface area contributed by atoms with E-state index in [4.69, 9.17) is 25.4 Å². The number of ether oxygens (including phenoxy) is 2. The van der Waals surface area contributed by atoms with Crippen molar-refractivity contribution < 1.29 is 72.7 Å². The van der Waals surface area contributed by atoms with Gasteiger partial charge in [-0.25, -0.2) is 4.79 Å². The quantitative estimate of drug-likeness (QED) is 0.0367. The highest BCUT2D eigenvalue weighted by Gasteiger charge is 2.31. The molecule has 5 atom stereocenters. The molecule has 0 bridgehead atoms. The van der Waals surface area contributed by atoms with Gasteiger partial charge in [-0.1, -0.05) is 20.8 Å². The van der Waals surface area contributed by atoms with E-state index in [-0.39, 0.29) is 37.4 Å². The van der Waals surface area contributed by atoms with Gasteiger partial charge in [0.2, 0.25) is 41.4 Å². The van der Waals surface area contributed by atoms with Crippen molar-refractivity contribution in [3.8, 4) is 0 Å². The van der Waals surface area contributed by atoms with Gasteiger partial charge in [-0.05, 0) is 0 Å². The third-order valence-electron chi connectivity index (χ3n) is 6.41. The maximum atomic E-state index is 13.3. The summed E-state index contributed by atoms with van der Waals surface area (Å²) in [7, 11) is 0. The summed E-state index contributed by atoms with van der Waals surface area (Å²) in [6, 6.07) is -6.34. The number of rotatable bonds is 26. The first-order chi connectivity index (χ1) is 24.5. The monoisotopic (exact) mass is 765 g/mol. The van der Waals surface area contributed by atoms with E-state index in [0.717, 1.165) is 11.8 Å². The molecule has 0 aromatic heterocycles. The minimum absolute atomic E-state index is 0.0310. The van der Waals surface area contributed by atoms with E-state index in [1.54, 1.807) is 13.8 Å². The molecule has 52 heavy (non-hydrogen) atoms. The fraction of sp³-hybridized carbons (Fsp3) is 0.655. The van der Waals surface area contributed by atoms with Crippen LogP contribution in [0.5, 0.6) is 0 Å². The molecule has 0 heterocycles. The van der Waals surface area contributed by atoms with Gasteiger partial charge in [-0.3, -0.25) is 43.2 Å². The van der Waals surface area contributed by atoms with Gasteiger partial charge in [0.1, 0.15) is 36.9 Å². The highest BCUT2D eigenvalue weighted by molar-refractivity contribution is 7.99. The first-order valence-corrected chi connectivity index (χ1v) is 17.1. The van der Waals surface area contributed by atoms with Crippen molar-refractivity contribution in [2.24, 2.45) is 5.73 Å². The van der Waals surface area contributed by atoms with Crippen LogP contribution in [0.4, 0.5) is 0 Å². The Bertz CT molecular complexity index is 1290. The Kier molecular flexibility index (Phi) is 23.3. The first kappa shape index (κ1) is 47.0. The Morgan fingerprint density at radius 1 is 0.635 bits per heavy atom. The first-order valence-electron chi connectivity index (χ1n) is 15.9. The predicted molar refractivity (Wildman–Crippen MR) is 178 cm³/mol. The summed E-state index contributed by atoms with van der Waals surface area (Å²) in [5, 5.41) is 40.4. The molecule has 0 aliphatic carbocycles. The molecule has 0 radical (unpaired) electrons. The van der Waals surface area contributed by atoms with Crippen molar-refractivity contribution >= 4 is 71.0 Å². The van der Waals surface area contributed by atoms with Crippen molar-refractivity contribution in [3.63, 3.8) is 0 Å². The minimum Gasteiger partial charge on any atom is -0.480 e. The number of carbonyl (C=O) groups excluding carboxylic acids is 9. The van der Waals surface area contributed by atoms with Crippen LogP contribution in [0.25, 0.3) is 0 Å². The number of carbonyl (C=O) groups is 10. The topological polar surface area (TPSA) is 348 Å². The molecule has 1 unspecified atom stereocenters. The number of nitrogens with two attached hydrogens (primary N) is 1. The summed E-state index contributed by atoms with van der Waals surface area (Å²) >= 11 is 1.04. The smallest absolute Gasteiger partial charge is 0.328 e. The number of aliphatic hydroxyl groups excluding tert-OH is 2. The van der Waals surface area contributed by atoms with Gasteiger partial charge in [-0.2, -0.15) is 11.8 Å². The van der Waals surface area contributed by atoms with Gasteiger partial charge in [0.15, 0.2) is 0 Å². The number of thioether (sulfide) groups is 1. The summed E-state index contributed by atoms with van der Waals surface area (Å²) in [5.74, 6) is -9.43. The van der Waals surface area contributed by atoms with E-state index < -0.39 is 122 Å². The van der Waals surface area contributed by atoms with Crippen LogP contribution in [0.2, 0.25) is 0 Å². The second kappa shape index (κ2) is 25.8. The van der Waals surface area contributed by atoms with Crippen LogP contribution >= 0.6 is 11.8 Å². The van der Waals surface area contributed by atoms with Gasteiger partial charge in [0.05, 0.1) is 32.7 Å². The number of esters is 2. The van der Waals surface area contributed by atoms with Gasteiger partial charge < -0.3 is 62.4 Å². The minimum atomic E-state index is -1.72. The molecule has 0 saturated heterocycles. The highest BCUT2D eigenvalue weighted by atomic mass is 32.2. The summed E-state index contributed by atoms with van der Waals surface area (Å²) < 4.78 is 10.3. The van der Waals surface area contributed by atoms with E-state index >= 15 is 0 Å². The number of amides is 7. The lowest BCUT2D eigenvalue weighted by Crippen LogP contribution is -2.59. The second-order valence-electron chi connectivity index (χ2n) is 10.6. The molecule has 22 nitrogen and oxygen atoms in total. The lowest BCUT2D eigenvalue weighted by molar-refractivity contribution is -0.157. The van der Waals surface area contributed by atoms with E-state index in [0.29, 0.717) is 0 Å². The van der Waals surface area contributed by atoms with Crippen LogP contribution in [0.15, 0.2) is 0 Å². The van der Waals surface area contributed by atoms with Crippen LogP contribution in [0.3, 0.4) is 0 Å². The normalized spacial score (nSPS) is 13.4. The molecule has 0 spiro atoms. The van der Waals surface area contributed by atoms with Crippen molar-refractivity contribution in [1.29, 1.82) is 0 Å². The SMILES string of the molecule is CCC(=O)N[C@@H](CSCC(COC(=O)CC)OC(=O)CC)C(=O)N[C@@H](CC(N)=O)C(=O)N[C@@H](CO)C(=O)NCC(=O)NCC(=O)N[C@@H](CO)C(=O)O. The molecule has 0 aliphatic heterocycles. The molecule has 294 valence electrons. The predicted octanol–water partition coefficient (Wildman–Crippen LogP) is -5.48. The number of aliphatic carboxylic acids is 1. The average Bonchev–Trinajstić information content (AvgIpc) is 3.11. The standard InChI is InChI=1S/C29H47N7O15S/c1-4-21(40)34-19(14-52-13-15(51-25(44)6-3)12-50-24(43)5-2)28(47)35-16(7-20(30)39)27(46)36-17(10-37)26(45)32-8-22(41)31-9-23(42)33-18(11-38)29(48)49/h15-19,37-38H,4-14H2,1-3H3,(H2,30,39)(H,31,41)(H,32,45)(H,33,42)(H,34,40)(H,35,47)(H,36,46)(H,48,49)/t15?,16-,17-,18-,19-/m0/s1. The van der Waals surface area contributed by atoms with Crippen LogP contribution < -0.4 is 37.6 Å². The molecule has 0 saturated carbocycles. The van der Waals surface area contributed by atoms with E-state index in [1.165, 1.54) is 6.92 Å². The second-order valence-corrected chi connectivity index (χ2v) is 11.7. The lowest BCUT2D eigenvalue weighted by Gasteiger charge is -2.24. The van der Waals surface area contributed by atoms with Crippen LogP contribution in [-0.4, -0.2) is 149 Å². The molecule has 11 N–H and O–H groups in total. The molecule has 7 amide bonds. The zero-order chi connectivity index (χ0) is 39.8. The lowest BCUT2D eigenvalue weighted by atomic mass is 10.1. The van der Waals surface area contributed by atoms with E-state index in [2.05, 4.69) is 26.6 Å². The molecule has 0 rings (SSSR count). The van der Waals surface area contributed by atoms with Crippen LogP contribution in [-0.2, 0) is 57.4 Å². The summed E-state index contributed by atoms with van der Waals surface area (Å²) in [6.45, 7) is 0.993. The molecule has 0 aromatic rings. The van der Waals surface area contributed by atoms with Crippen LogP contribution in [0.1, 0.15) is 46.5 Å². The largest absolute Gasteiger partial charge is 0.480 e. The number of carboxylic acid groups (broad SMARTS) is 1. The number of hydrogen-bond donors (Lipinski definition) is 10. The molecule has 0 fully saturated rings. The van der Waals surface area contributed by atoms with E-state index in [9.17, 15) is 53.1 Å². The van der Waals surface area contributed by atoms with Crippen molar-refractivity contribution in [2.75, 3.05) is 44.4 Å². The fourth-order valence-corrected chi connectivity index (χ4v) is 4.62. The number of aliphatic hydroxyl groups is 2. The molecule has 0 aliphatic rings. The maximum Gasteiger partial charge on any atom is 0.328 e. The number of nitrogens with one attached hydrogen (secondary N) is 6. The Morgan fingerprint density at radius 3 is 1.73 bits per heavy atom. The Balaban J connectivity index is 5.50. The zero-order valence-corrected chi connectivity index (χ0v) is 29.7. The third kappa shape index (κ3) is 20.0. The molecular formula is C29H47N7O15S.